The van der Waals surface area contributed by atoms with E-state index < -0.39 is 11.3 Å². The fraction of sp³-hybridized carbons (Fsp3) is 0.444. The van der Waals surface area contributed by atoms with Crippen LogP contribution in [0.4, 0.5) is 4.39 Å². The summed E-state index contributed by atoms with van der Waals surface area (Å²) in [7, 11) is 0. The Bertz CT molecular complexity index is 751. The van der Waals surface area contributed by atoms with Crippen LogP contribution in [0.25, 0.3) is 0 Å². The maximum absolute atomic E-state index is 14.0. The number of hydroxylamine groups is 1. The summed E-state index contributed by atoms with van der Waals surface area (Å²) in [5, 5.41) is 9.29. The largest absolute Gasteiger partial charge is 0.289 e. The van der Waals surface area contributed by atoms with E-state index in [1.807, 2.05) is 11.7 Å². The third kappa shape index (κ3) is 2.06. The van der Waals surface area contributed by atoms with Crippen LogP contribution in [-0.2, 0) is 10.2 Å². The van der Waals surface area contributed by atoms with Gasteiger partial charge in [-0.15, -0.1) is 0 Å². The zero-order valence-electron chi connectivity index (χ0n) is 13.0. The van der Waals surface area contributed by atoms with E-state index in [2.05, 4.69) is 4.99 Å². The number of benzene rings is 1. The number of nitrogens with zero attached hydrogens (tertiary/aromatic N) is 1. The molecule has 2 aliphatic carbocycles. The minimum Gasteiger partial charge on any atom is -0.289 e. The van der Waals surface area contributed by atoms with E-state index in [4.69, 9.17) is 0 Å². The second-order valence-corrected chi connectivity index (χ2v) is 6.90. The number of carbonyl (C=O) groups excluding carboxylic acids is 1. The van der Waals surface area contributed by atoms with Crippen molar-refractivity contribution in [2.24, 2.45) is 10.9 Å². The minimum absolute atomic E-state index is 0.173. The maximum Gasteiger partial charge on any atom is 0.254 e. The van der Waals surface area contributed by atoms with Crippen molar-refractivity contribution in [1.82, 2.24) is 5.48 Å². The van der Waals surface area contributed by atoms with Crippen LogP contribution < -0.4 is 5.48 Å². The summed E-state index contributed by atoms with van der Waals surface area (Å²) in [6, 6.07) is 4.99. The lowest BCUT2D eigenvalue weighted by molar-refractivity contribution is -0.135. The Morgan fingerprint density at radius 3 is 2.87 bits per heavy atom. The lowest BCUT2D eigenvalue weighted by atomic mass is 9.73. The molecule has 0 radical (unpaired) electrons. The van der Waals surface area contributed by atoms with Gasteiger partial charge in [0.15, 0.2) is 0 Å². The summed E-state index contributed by atoms with van der Waals surface area (Å²) in [6.45, 7) is 1.69. The number of nitrogens with one attached hydrogen (secondary N) is 1. The van der Waals surface area contributed by atoms with Crippen molar-refractivity contribution in [3.05, 3.63) is 46.3 Å². The fourth-order valence-electron chi connectivity index (χ4n) is 4.15. The van der Waals surface area contributed by atoms with Gasteiger partial charge in [0.25, 0.3) is 5.91 Å². The Balaban J connectivity index is 1.78. The Morgan fingerprint density at radius 1 is 1.39 bits per heavy atom. The molecule has 2 N–H and O–H groups in total. The number of hydrogen-bond donors (Lipinski definition) is 2. The summed E-state index contributed by atoms with van der Waals surface area (Å²) < 4.78 is 14.0. The third-order valence-electron chi connectivity index (χ3n) is 5.53. The molecule has 3 aliphatic rings. The average molecular weight is 314 g/mol. The van der Waals surface area contributed by atoms with Crippen molar-refractivity contribution < 1.29 is 14.4 Å². The summed E-state index contributed by atoms with van der Waals surface area (Å²) in [5.74, 6) is -0.212. The van der Waals surface area contributed by atoms with Crippen molar-refractivity contribution >= 4 is 12.1 Å². The van der Waals surface area contributed by atoms with Crippen molar-refractivity contribution in [3.8, 4) is 0 Å². The van der Waals surface area contributed by atoms with E-state index in [0.717, 1.165) is 5.57 Å². The highest BCUT2D eigenvalue weighted by Gasteiger charge is 2.51. The predicted octanol–water partition coefficient (Wildman–Crippen LogP) is 2.83. The average Bonchev–Trinajstić information content (AvgIpc) is 3.20. The van der Waals surface area contributed by atoms with Gasteiger partial charge in [-0.2, -0.15) is 0 Å². The molecule has 0 bridgehead atoms. The fourth-order valence-corrected chi connectivity index (χ4v) is 4.15. The number of rotatable bonds is 3. The first-order valence-electron chi connectivity index (χ1n) is 8.02. The molecule has 4 nitrogen and oxygen atoms in total. The molecule has 0 aromatic heterocycles. The van der Waals surface area contributed by atoms with Gasteiger partial charge in [0, 0.05) is 6.21 Å². The van der Waals surface area contributed by atoms with Gasteiger partial charge in [-0.25, -0.2) is 9.87 Å². The Morgan fingerprint density at radius 2 is 2.17 bits per heavy atom. The monoisotopic (exact) mass is 314 g/mol. The molecule has 1 amide bonds. The van der Waals surface area contributed by atoms with Gasteiger partial charge in [0.05, 0.1) is 11.5 Å². The number of halogens is 1. The van der Waals surface area contributed by atoms with Crippen LogP contribution in [0.5, 0.6) is 0 Å². The van der Waals surface area contributed by atoms with Crippen molar-refractivity contribution in [1.29, 1.82) is 0 Å². The van der Waals surface area contributed by atoms with E-state index >= 15 is 0 Å². The highest BCUT2D eigenvalue weighted by molar-refractivity contribution is 5.95. The number of allylic oxidation sites excluding steroid dienone is 1. The topological polar surface area (TPSA) is 61.7 Å². The van der Waals surface area contributed by atoms with Crippen LogP contribution in [0, 0.1) is 18.7 Å². The molecule has 1 fully saturated rings. The van der Waals surface area contributed by atoms with Crippen LogP contribution in [-0.4, -0.2) is 23.4 Å². The van der Waals surface area contributed by atoms with Gasteiger partial charge in [0.2, 0.25) is 0 Å². The normalized spacial score (nSPS) is 29.1. The summed E-state index contributed by atoms with van der Waals surface area (Å²) >= 11 is 0. The molecule has 1 heterocycles. The molecule has 0 saturated heterocycles. The predicted molar refractivity (Wildman–Crippen MR) is 84.0 cm³/mol. The van der Waals surface area contributed by atoms with E-state index in [1.54, 1.807) is 19.1 Å². The molecule has 1 aromatic carbocycles. The zero-order valence-corrected chi connectivity index (χ0v) is 13.0. The van der Waals surface area contributed by atoms with Crippen LogP contribution in [0.15, 0.2) is 34.3 Å². The smallest absolute Gasteiger partial charge is 0.254 e. The molecule has 23 heavy (non-hydrogen) atoms. The van der Waals surface area contributed by atoms with E-state index in [9.17, 15) is 14.4 Å². The number of amides is 1. The van der Waals surface area contributed by atoms with Gasteiger partial charge in [-0.3, -0.25) is 15.0 Å². The highest BCUT2D eigenvalue weighted by Crippen LogP contribution is 2.52. The Hall–Kier alpha value is -2.01. The molecule has 2 atom stereocenters. The summed E-state index contributed by atoms with van der Waals surface area (Å²) in [6.07, 6.45) is 5.19. The Kier molecular flexibility index (Phi) is 3.17. The zero-order chi connectivity index (χ0) is 16.2. The van der Waals surface area contributed by atoms with E-state index in [0.29, 0.717) is 29.9 Å². The standard InChI is InChI=1S/C18H19FN2O2/c1-10-14(3-2-4-15(10)19)18(17(22)21-23)7-12-9-20-16(11-5-6-11)13(12)8-18/h2-4,9,11,16,23H,5-8H2,1H3,(H,21,22)/t16?,18-/m0/s1. The molecule has 4 rings (SSSR count). The first-order chi connectivity index (χ1) is 11.1. The minimum atomic E-state index is -0.939. The molecule has 120 valence electrons. The maximum atomic E-state index is 14.0. The van der Waals surface area contributed by atoms with Crippen LogP contribution in [0.2, 0.25) is 0 Å². The SMILES string of the molecule is Cc1c(F)cccc1[C@]1(C(=O)NO)CC2=C(C1)C(C1CC1)N=C2. The molecule has 1 unspecified atom stereocenters. The van der Waals surface area contributed by atoms with Gasteiger partial charge in [-0.05, 0) is 66.9 Å². The van der Waals surface area contributed by atoms with Crippen LogP contribution >= 0.6 is 0 Å². The first-order valence-corrected chi connectivity index (χ1v) is 8.02. The van der Waals surface area contributed by atoms with Gasteiger partial charge < -0.3 is 0 Å². The van der Waals surface area contributed by atoms with Gasteiger partial charge >= 0.3 is 0 Å². The van der Waals surface area contributed by atoms with Gasteiger partial charge in [0.1, 0.15) is 5.82 Å². The quantitative estimate of drug-likeness (QED) is 0.666. The van der Waals surface area contributed by atoms with E-state index in [-0.39, 0.29) is 11.9 Å². The molecular weight excluding hydrogens is 295 g/mol. The van der Waals surface area contributed by atoms with Crippen LogP contribution in [0.1, 0.15) is 36.8 Å². The second-order valence-electron chi connectivity index (χ2n) is 6.90. The van der Waals surface area contributed by atoms with Gasteiger partial charge in [-0.1, -0.05) is 12.1 Å². The number of hydrogen-bond acceptors (Lipinski definition) is 3. The van der Waals surface area contributed by atoms with E-state index in [1.165, 1.54) is 24.5 Å². The molecule has 1 saturated carbocycles. The molecular formula is C18H19FN2O2. The summed E-state index contributed by atoms with van der Waals surface area (Å²) in [5.41, 5.74) is 4.27. The van der Waals surface area contributed by atoms with Crippen molar-refractivity contribution in [2.75, 3.05) is 0 Å². The van der Waals surface area contributed by atoms with Crippen molar-refractivity contribution in [2.45, 2.75) is 44.1 Å². The molecule has 1 aliphatic heterocycles. The molecule has 1 aromatic rings. The molecule has 0 spiro atoms. The third-order valence-corrected chi connectivity index (χ3v) is 5.53. The lowest BCUT2D eigenvalue weighted by Crippen LogP contribution is -2.43. The molecule has 5 heteroatoms. The van der Waals surface area contributed by atoms with Crippen LogP contribution in [0.3, 0.4) is 0 Å². The lowest BCUT2D eigenvalue weighted by Gasteiger charge is -2.30. The highest BCUT2D eigenvalue weighted by atomic mass is 19.1. The number of aliphatic imine (C=N–C) groups is 1. The number of carbonyl (C=O) groups is 1. The summed E-state index contributed by atoms with van der Waals surface area (Å²) in [4.78, 5) is 17.2. The van der Waals surface area contributed by atoms with Crippen molar-refractivity contribution in [3.63, 3.8) is 0 Å². The second kappa shape index (κ2) is 4.99. The first kappa shape index (κ1) is 14.6. The Labute approximate surface area is 134 Å².